The minimum absolute atomic E-state index is 0.0681. The number of carbonyl (C=O) groups excluding carboxylic acids is 1. The molecule has 1 aliphatic heterocycles. The van der Waals surface area contributed by atoms with Gasteiger partial charge in [0.05, 0.1) is 23.6 Å². The first-order valence-corrected chi connectivity index (χ1v) is 14.5. The third-order valence-corrected chi connectivity index (χ3v) is 9.14. The molecule has 0 bridgehead atoms. The monoisotopic (exact) mass is 558 g/mol. The van der Waals surface area contributed by atoms with E-state index in [1.165, 1.54) is 19.3 Å². The molecule has 1 spiro atoms. The molecule has 216 valence electrons. The number of aryl methyl sites for hydroxylation is 1. The summed E-state index contributed by atoms with van der Waals surface area (Å²) in [6, 6.07) is 4.05. The van der Waals surface area contributed by atoms with E-state index < -0.39 is 5.76 Å². The lowest BCUT2D eigenvalue weighted by molar-refractivity contribution is -0.135. The number of H-pyrrole nitrogens is 1. The number of aromatic amines is 1. The summed E-state index contributed by atoms with van der Waals surface area (Å²) in [5, 5.41) is 3.86. The summed E-state index contributed by atoms with van der Waals surface area (Å²) in [6.07, 6.45) is 11.5. The van der Waals surface area contributed by atoms with Crippen LogP contribution in [0, 0.1) is 12.3 Å². The molecule has 3 N–H and O–H groups in total. The Morgan fingerprint density at radius 3 is 2.71 bits per heavy atom. The van der Waals surface area contributed by atoms with Gasteiger partial charge in [-0.2, -0.15) is 0 Å². The molecule has 2 atom stereocenters. The number of anilines is 2. The van der Waals surface area contributed by atoms with E-state index in [1.807, 2.05) is 20.0 Å². The second-order valence-electron chi connectivity index (χ2n) is 11.9. The van der Waals surface area contributed by atoms with Gasteiger partial charge in [0, 0.05) is 43.6 Å². The first kappa shape index (κ1) is 27.0. The van der Waals surface area contributed by atoms with Crippen molar-refractivity contribution in [3.8, 4) is 22.8 Å². The quantitative estimate of drug-likeness (QED) is 0.442. The number of rotatable bonds is 7. The maximum atomic E-state index is 12.9. The minimum Gasteiger partial charge on any atom is -0.397 e. The van der Waals surface area contributed by atoms with Crippen molar-refractivity contribution in [3.05, 3.63) is 53.0 Å². The summed E-state index contributed by atoms with van der Waals surface area (Å²) in [5.41, 5.74) is 11.1. The van der Waals surface area contributed by atoms with Gasteiger partial charge in [-0.05, 0) is 55.7 Å². The highest BCUT2D eigenvalue weighted by Crippen LogP contribution is 2.61. The average Bonchev–Trinajstić information content (AvgIpc) is 3.43. The summed E-state index contributed by atoms with van der Waals surface area (Å²) >= 11 is 0. The summed E-state index contributed by atoms with van der Waals surface area (Å²) in [6.45, 7) is 9.66. The number of nitrogens with one attached hydrogen (secondary N) is 1. The van der Waals surface area contributed by atoms with Gasteiger partial charge in [-0.1, -0.05) is 37.9 Å². The van der Waals surface area contributed by atoms with Crippen molar-refractivity contribution in [2.24, 2.45) is 5.41 Å². The Bertz CT molecular complexity index is 1540. The fourth-order valence-corrected chi connectivity index (χ4v) is 6.81. The van der Waals surface area contributed by atoms with E-state index in [9.17, 15) is 9.59 Å². The van der Waals surface area contributed by atoms with Crippen LogP contribution in [0.4, 0.5) is 11.4 Å². The van der Waals surface area contributed by atoms with E-state index in [4.69, 9.17) is 15.2 Å². The molecule has 0 radical (unpaired) electrons. The standard InChI is InChI=1S/C30H38N8O3/c1-5-21-16-36(4)25(39)17-37(21)19(3)38(24-13-30(24)9-7-6-8-10-30)27-22(31)12-23(28-34-29(40)41-35-28)33-26(27)20-11-18(2)14-32-15-20/h11-12,14-15,21,24H,3,5-10,13,16-17H2,1-2,4H3,(H2,31,33)(H,34,35,40). The van der Waals surface area contributed by atoms with Crippen LogP contribution in [0.5, 0.6) is 0 Å². The molecule has 1 saturated heterocycles. The molecule has 3 aliphatic rings. The number of hydrogen-bond donors (Lipinski definition) is 2. The van der Waals surface area contributed by atoms with Crippen LogP contribution in [0.2, 0.25) is 0 Å². The van der Waals surface area contributed by atoms with E-state index in [1.54, 1.807) is 23.4 Å². The predicted octanol–water partition coefficient (Wildman–Crippen LogP) is 3.93. The summed E-state index contributed by atoms with van der Waals surface area (Å²) < 4.78 is 4.76. The van der Waals surface area contributed by atoms with Gasteiger partial charge in [-0.3, -0.25) is 19.3 Å². The molecular weight excluding hydrogens is 520 g/mol. The number of likely N-dealkylation sites (N-methyl/N-ethyl adjacent to an activating group) is 1. The van der Waals surface area contributed by atoms with Crippen LogP contribution in [0.25, 0.3) is 22.8 Å². The molecular formula is C30H38N8O3. The zero-order valence-corrected chi connectivity index (χ0v) is 24.0. The highest BCUT2D eigenvalue weighted by molar-refractivity contribution is 5.89. The van der Waals surface area contributed by atoms with Gasteiger partial charge in [-0.25, -0.2) is 9.78 Å². The number of nitrogens with zero attached hydrogens (tertiary/aromatic N) is 6. The summed E-state index contributed by atoms with van der Waals surface area (Å²) in [7, 11) is 1.86. The number of carbonyl (C=O) groups is 1. The second-order valence-corrected chi connectivity index (χ2v) is 11.9. The molecule has 41 heavy (non-hydrogen) atoms. The van der Waals surface area contributed by atoms with E-state index in [2.05, 4.69) is 38.4 Å². The summed E-state index contributed by atoms with van der Waals surface area (Å²) in [5.74, 6) is 0.370. The first-order chi connectivity index (χ1) is 19.7. The Hall–Kier alpha value is -4.15. The predicted molar refractivity (Wildman–Crippen MR) is 157 cm³/mol. The van der Waals surface area contributed by atoms with Crippen molar-refractivity contribution in [2.75, 3.05) is 30.8 Å². The molecule has 1 amide bonds. The smallest absolute Gasteiger partial charge is 0.397 e. The van der Waals surface area contributed by atoms with Crippen LogP contribution in [-0.2, 0) is 4.79 Å². The number of amides is 1. The molecule has 3 aromatic heterocycles. The number of aromatic nitrogens is 4. The number of nitrogens with two attached hydrogens (primary N) is 1. The largest absolute Gasteiger partial charge is 0.439 e. The highest BCUT2D eigenvalue weighted by atomic mass is 16.5. The summed E-state index contributed by atoms with van der Waals surface area (Å²) in [4.78, 5) is 42.9. The molecule has 4 heterocycles. The van der Waals surface area contributed by atoms with E-state index in [-0.39, 0.29) is 35.8 Å². The number of piperazine rings is 1. The van der Waals surface area contributed by atoms with Crippen molar-refractivity contribution in [1.82, 2.24) is 29.9 Å². The van der Waals surface area contributed by atoms with Gasteiger partial charge in [-0.15, -0.1) is 0 Å². The molecule has 3 fully saturated rings. The first-order valence-electron chi connectivity index (χ1n) is 14.5. The van der Waals surface area contributed by atoms with E-state index in [0.717, 1.165) is 48.3 Å². The maximum absolute atomic E-state index is 12.9. The van der Waals surface area contributed by atoms with Crippen molar-refractivity contribution in [2.45, 2.75) is 70.9 Å². The van der Waals surface area contributed by atoms with Gasteiger partial charge in [0.25, 0.3) is 0 Å². The normalized spacial score (nSPS) is 21.8. The third kappa shape index (κ3) is 4.87. The number of nitrogen functional groups attached to an aromatic ring is 1. The Kier molecular flexibility index (Phi) is 6.83. The van der Waals surface area contributed by atoms with Gasteiger partial charge >= 0.3 is 5.76 Å². The van der Waals surface area contributed by atoms with Crippen LogP contribution in [-0.4, -0.2) is 68.0 Å². The van der Waals surface area contributed by atoms with E-state index in [0.29, 0.717) is 23.6 Å². The number of pyridine rings is 2. The lowest BCUT2D eigenvalue weighted by Crippen LogP contribution is -2.56. The Morgan fingerprint density at radius 2 is 2.02 bits per heavy atom. The molecule has 0 aromatic carbocycles. The number of hydrogen-bond acceptors (Lipinski definition) is 9. The van der Waals surface area contributed by atoms with Crippen LogP contribution in [0.3, 0.4) is 0 Å². The molecule has 11 heteroatoms. The zero-order valence-electron chi connectivity index (χ0n) is 24.0. The molecule has 11 nitrogen and oxygen atoms in total. The van der Waals surface area contributed by atoms with Crippen molar-refractivity contribution >= 4 is 17.3 Å². The van der Waals surface area contributed by atoms with Crippen molar-refractivity contribution in [1.29, 1.82) is 0 Å². The maximum Gasteiger partial charge on any atom is 0.439 e. The van der Waals surface area contributed by atoms with Gasteiger partial charge in [0.15, 0.2) is 0 Å². The van der Waals surface area contributed by atoms with Crippen molar-refractivity contribution < 1.29 is 9.32 Å². The van der Waals surface area contributed by atoms with Gasteiger partial charge in [0.1, 0.15) is 11.5 Å². The lowest BCUT2D eigenvalue weighted by atomic mass is 9.85. The fourth-order valence-electron chi connectivity index (χ4n) is 6.81. The molecule has 2 saturated carbocycles. The molecule has 6 rings (SSSR count). The fraction of sp³-hybridized carbons (Fsp3) is 0.500. The van der Waals surface area contributed by atoms with Crippen LogP contribution in [0.1, 0.15) is 57.4 Å². The highest BCUT2D eigenvalue weighted by Gasteiger charge is 2.58. The zero-order chi connectivity index (χ0) is 28.9. The molecule has 2 aliphatic carbocycles. The van der Waals surface area contributed by atoms with Crippen LogP contribution < -0.4 is 16.4 Å². The second kappa shape index (κ2) is 10.4. The topological polar surface area (TPSA) is 137 Å². The lowest BCUT2D eigenvalue weighted by Gasteiger charge is -2.45. The Labute approximate surface area is 239 Å². The molecule has 2 unspecified atom stereocenters. The van der Waals surface area contributed by atoms with E-state index >= 15 is 0 Å². The van der Waals surface area contributed by atoms with Crippen molar-refractivity contribution in [3.63, 3.8) is 0 Å². The average molecular weight is 559 g/mol. The van der Waals surface area contributed by atoms with Gasteiger partial charge < -0.3 is 20.4 Å². The van der Waals surface area contributed by atoms with Gasteiger partial charge in [0.2, 0.25) is 11.7 Å². The Morgan fingerprint density at radius 1 is 1.24 bits per heavy atom. The minimum atomic E-state index is -0.666. The molecule has 3 aromatic rings. The van der Waals surface area contributed by atoms with Crippen LogP contribution >= 0.6 is 0 Å². The third-order valence-electron chi connectivity index (χ3n) is 9.14. The Balaban J connectivity index is 1.53. The van der Waals surface area contributed by atoms with Crippen LogP contribution in [0.15, 0.2) is 46.2 Å². The SMILES string of the molecule is C=C(N1CC(=O)N(C)CC1CC)N(c1c(N)cc(-c2noc(=O)[nH]2)nc1-c1cncc(C)c1)C1CC12CCCCC2.